The number of hydrogen-bond donors (Lipinski definition) is 1. The van der Waals surface area contributed by atoms with Crippen molar-refractivity contribution >= 4 is 5.91 Å². The van der Waals surface area contributed by atoms with Crippen molar-refractivity contribution in [2.75, 3.05) is 32.8 Å². The van der Waals surface area contributed by atoms with Crippen molar-refractivity contribution in [1.82, 2.24) is 10.2 Å². The van der Waals surface area contributed by atoms with Crippen LogP contribution in [0.15, 0.2) is 0 Å². The highest BCUT2D eigenvalue weighted by Gasteiger charge is 2.33. The highest BCUT2D eigenvalue weighted by atomic mass is 16.5. The summed E-state index contributed by atoms with van der Waals surface area (Å²) in [6.45, 7) is 10.8. The van der Waals surface area contributed by atoms with Crippen molar-refractivity contribution in [3.8, 4) is 0 Å². The molecule has 0 aromatic heterocycles. The molecule has 2 aliphatic rings. The topological polar surface area (TPSA) is 41.6 Å². The third-order valence-electron chi connectivity index (χ3n) is 4.48. The lowest BCUT2D eigenvalue weighted by Gasteiger charge is -2.38. The van der Waals surface area contributed by atoms with Gasteiger partial charge in [0.2, 0.25) is 5.91 Å². The summed E-state index contributed by atoms with van der Waals surface area (Å²) < 4.78 is 5.93. The van der Waals surface area contributed by atoms with Crippen molar-refractivity contribution in [3.05, 3.63) is 0 Å². The average molecular weight is 282 g/mol. The van der Waals surface area contributed by atoms with E-state index in [9.17, 15) is 4.79 Å². The minimum Gasteiger partial charge on any atom is -0.368 e. The van der Waals surface area contributed by atoms with Crippen LogP contribution in [0.1, 0.15) is 46.5 Å². The van der Waals surface area contributed by atoms with Gasteiger partial charge in [0.1, 0.15) is 6.61 Å². The molecular formula is C16H30N2O2. The highest BCUT2D eigenvalue weighted by molar-refractivity contribution is 5.77. The van der Waals surface area contributed by atoms with Crippen LogP contribution in [-0.4, -0.2) is 49.7 Å². The van der Waals surface area contributed by atoms with Crippen LogP contribution >= 0.6 is 0 Å². The van der Waals surface area contributed by atoms with E-state index in [4.69, 9.17) is 4.74 Å². The first kappa shape index (κ1) is 15.8. The van der Waals surface area contributed by atoms with Crippen LogP contribution in [-0.2, 0) is 9.53 Å². The Kier molecular flexibility index (Phi) is 5.44. The van der Waals surface area contributed by atoms with Crippen molar-refractivity contribution in [2.45, 2.75) is 52.6 Å². The molecule has 2 atom stereocenters. The molecule has 0 radical (unpaired) electrons. The van der Waals surface area contributed by atoms with Crippen LogP contribution in [0.5, 0.6) is 0 Å². The first-order valence-electron chi connectivity index (χ1n) is 8.06. The third kappa shape index (κ3) is 4.74. The van der Waals surface area contributed by atoms with Crippen LogP contribution in [0.2, 0.25) is 0 Å². The van der Waals surface area contributed by atoms with Gasteiger partial charge in [-0.15, -0.1) is 0 Å². The first-order chi connectivity index (χ1) is 9.46. The number of nitrogens with zero attached hydrogens (tertiary/aromatic N) is 1. The number of hydrogen-bond acceptors (Lipinski definition) is 3. The van der Waals surface area contributed by atoms with E-state index in [-0.39, 0.29) is 18.6 Å². The number of amides is 1. The Morgan fingerprint density at radius 3 is 2.85 bits per heavy atom. The molecule has 2 unspecified atom stereocenters. The number of ether oxygens (including phenoxy) is 1. The van der Waals surface area contributed by atoms with E-state index in [0.29, 0.717) is 11.3 Å². The van der Waals surface area contributed by atoms with Gasteiger partial charge in [0.15, 0.2) is 0 Å². The van der Waals surface area contributed by atoms with Gasteiger partial charge in [-0.05, 0) is 43.6 Å². The van der Waals surface area contributed by atoms with Gasteiger partial charge < -0.3 is 15.0 Å². The van der Waals surface area contributed by atoms with E-state index < -0.39 is 0 Å². The molecule has 2 rings (SSSR count). The largest absolute Gasteiger partial charge is 0.368 e. The summed E-state index contributed by atoms with van der Waals surface area (Å²) in [6.07, 6.45) is 4.73. The Balaban J connectivity index is 1.77. The summed E-state index contributed by atoms with van der Waals surface area (Å²) in [6, 6.07) is 0. The summed E-state index contributed by atoms with van der Waals surface area (Å²) in [7, 11) is 0. The number of nitrogens with one attached hydrogen (secondary N) is 1. The normalized spacial score (nSPS) is 30.9. The zero-order valence-corrected chi connectivity index (χ0v) is 13.3. The maximum Gasteiger partial charge on any atom is 0.248 e. The van der Waals surface area contributed by atoms with Gasteiger partial charge in [-0.1, -0.05) is 20.8 Å². The second kappa shape index (κ2) is 6.90. The molecule has 1 saturated heterocycles. The predicted molar refractivity (Wildman–Crippen MR) is 80.6 cm³/mol. The van der Waals surface area contributed by atoms with Crippen LogP contribution in [0, 0.1) is 11.3 Å². The highest BCUT2D eigenvalue weighted by Crippen LogP contribution is 2.39. The Morgan fingerprint density at radius 2 is 2.10 bits per heavy atom. The van der Waals surface area contributed by atoms with E-state index in [1.165, 1.54) is 6.42 Å². The molecule has 0 spiro atoms. The molecule has 0 bridgehead atoms. The SMILES string of the molecule is CC1CC(OCC(=O)N2CCCNCC2)CC(C)(C)C1. The van der Waals surface area contributed by atoms with Gasteiger partial charge in [0.25, 0.3) is 0 Å². The smallest absolute Gasteiger partial charge is 0.248 e. The maximum absolute atomic E-state index is 12.2. The molecular weight excluding hydrogens is 252 g/mol. The van der Waals surface area contributed by atoms with E-state index in [0.717, 1.165) is 45.4 Å². The Bertz CT molecular complexity index is 322. The van der Waals surface area contributed by atoms with Crippen molar-refractivity contribution in [2.24, 2.45) is 11.3 Å². The van der Waals surface area contributed by atoms with Gasteiger partial charge >= 0.3 is 0 Å². The van der Waals surface area contributed by atoms with Gasteiger partial charge in [-0.2, -0.15) is 0 Å². The molecule has 1 aliphatic heterocycles. The lowest BCUT2D eigenvalue weighted by molar-refractivity contribution is -0.140. The molecule has 4 nitrogen and oxygen atoms in total. The molecule has 2 fully saturated rings. The quantitative estimate of drug-likeness (QED) is 0.861. The van der Waals surface area contributed by atoms with Gasteiger partial charge in [-0.25, -0.2) is 0 Å². The Labute approximate surface area is 123 Å². The van der Waals surface area contributed by atoms with Gasteiger partial charge in [0, 0.05) is 19.6 Å². The lowest BCUT2D eigenvalue weighted by Crippen LogP contribution is -2.39. The van der Waals surface area contributed by atoms with Crippen molar-refractivity contribution in [3.63, 3.8) is 0 Å². The summed E-state index contributed by atoms with van der Waals surface area (Å²) >= 11 is 0. The average Bonchev–Trinajstić information content (AvgIpc) is 2.62. The summed E-state index contributed by atoms with van der Waals surface area (Å²) in [5.41, 5.74) is 0.345. The minimum absolute atomic E-state index is 0.157. The fraction of sp³-hybridized carbons (Fsp3) is 0.938. The fourth-order valence-corrected chi connectivity index (χ4v) is 3.76. The van der Waals surface area contributed by atoms with Crippen LogP contribution in [0.3, 0.4) is 0 Å². The Hall–Kier alpha value is -0.610. The van der Waals surface area contributed by atoms with Crippen molar-refractivity contribution in [1.29, 1.82) is 0 Å². The fourth-order valence-electron chi connectivity index (χ4n) is 3.76. The molecule has 116 valence electrons. The summed E-state index contributed by atoms with van der Waals surface area (Å²) in [5, 5.41) is 3.32. The lowest BCUT2D eigenvalue weighted by atomic mass is 9.71. The number of carbonyl (C=O) groups is 1. The molecule has 1 amide bonds. The molecule has 1 aliphatic carbocycles. The minimum atomic E-state index is 0.157. The van der Waals surface area contributed by atoms with Crippen molar-refractivity contribution < 1.29 is 9.53 Å². The monoisotopic (exact) mass is 282 g/mol. The van der Waals surface area contributed by atoms with E-state index in [1.807, 2.05) is 4.90 Å². The van der Waals surface area contributed by atoms with Crippen LogP contribution < -0.4 is 5.32 Å². The predicted octanol–water partition coefficient (Wildman–Crippen LogP) is 2.04. The molecule has 0 aromatic rings. The zero-order valence-electron chi connectivity index (χ0n) is 13.3. The number of rotatable bonds is 3. The van der Waals surface area contributed by atoms with E-state index in [2.05, 4.69) is 26.1 Å². The van der Waals surface area contributed by atoms with Gasteiger partial charge in [-0.3, -0.25) is 4.79 Å². The van der Waals surface area contributed by atoms with Gasteiger partial charge in [0.05, 0.1) is 6.10 Å². The standard InChI is InChI=1S/C16H30N2O2/c1-13-9-14(11-16(2,3)10-13)20-12-15(19)18-7-4-5-17-6-8-18/h13-14,17H,4-12H2,1-3H3. The molecule has 20 heavy (non-hydrogen) atoms. The molecule has 1 saturated carbocycles. The molecule has 1 heterocycles. The molecule has 1 N–H and O–H groups in total. The number of carbonyl (C=O) groups excluding carboxylic acids is 1. The van der Waals surface area contributed by atoms with E-state index >= 15 is 0 Å². The molecule has 0 aromatic carbocycles. The summed E-state index contributed by atoms with van der Waals surface area (Å²) in [5.74, 6) is 0.853. The first-order valence-corrected chi connectivity index (χ1v) is 8.06. The van der Waals surface area contributed by atoms with Crippen LogP contribution in [0.25, 0.3) is 0 Å². The summed E-state index contributed by atoms with van der Waals surface area (Å²) in [4.78, 5) is 14.2. The maximum atomic E-state index is 12.2. The zero-order chi connectivity index (χ0) is 14.6. The third-order valence-corrected chi connectivity index (χ3v) is 4.48. The second-order valence-electron chi connectivity index (χ2n) is 7.33. The Morgan fingerprint density at radius 1 is 1.30 bits per heavy atom. The second-order valence-corrected chi connectivity index (χ2v) is 7.33. The molecule has 4 heteroatoms. The van der Waals surface area contributed by atoms with E-state index in [1.54, 1.807) is 0 Å². The van der Waals surface area contributed by atoms with Crippen LogP contribution in [0.4, 0.5) is 0 Å².